The highest BCUT2D eigenvalue weighted by Gasteiger charge is 2.26. The number of carbonyl (C=O) groups is 1. The third-order valence-corrected chi connectivity index (χ3v) is 5.00. The molecule has 0 saturated heterocycles. The van der Waals surface area contributed by atoms with E-state index in [4.69, 9.17) is 4.74 Å². The molecule has 4 aromatic rings. The van der Waals surface area contributed by atoms with Gasteiger partial charge in [0.05, 0.1) is 24.9 Å². The normalized spacial score (nSPS) is 14.9. The molecule has 0 saturated carbocycles. The molecule has 6 heteroatoms. The van der Waals surface area contributed by atoms with Crippen molar-refractivity contribution in [2.75, 3.05) is 12.4 Å². The molecule has 0 aliphatic carbocycles. The van der Waals surface area contributed by atoms with E-state index in [1.54, 1.807) is 12.1 Å². The summed E-state index contributed by atoms with van der Waals surface area (Å²) in [5.41, 5.74) is 6.60. The van der Waals surface area contributed by atoms with Gasteiger partial charge in [0.1, 0.15) is 0 Å². The van der Waals surface area contributed by atoms with E-state index in [-0.39, 0.29) is 12.0 Å². The second-order valence-corrected chi connectivity index (χ2v) is 6.46. The Morgan fingerprint density at radius 1 is 1.07 bits per heavy atom. The Labute approximate surface area is 155 Å². The van der Waals surface area contributed by atoms with Gasteiger partial charge in [-0.3, -0.25) is 0 Å². The molecule has 1 unspecified atom stereocenters. The Bertz CT molecular complexity index is 1160. The number of methoxy groups -OCH3 is 1. The summed E-state index contributed by atoms with van der Waals surface area (Å²) < 4.78 is 4.79. The van der Waals surface area contributed by atoms with E-state index in [1.165, 1.54) is 7.11 Å². The number of ether oxygens (including phenoxy) is 1. The molecule has 0 bridgehead atoms. The van der Waals surface area contributed by atoms with Crippen LogP contribution < -0.4 is 5.32 Å². The van der Waals surface area contributed by atoms with Crippen LogP contribution in [-0.4, -0.2) is 28.3 Å². The quantitative estimate of drug-likeness (QED) is 0.532. The maximum Gasteiger partial charge on any atom is 0.337 e. The lowest BCUT2D eigenvalue weighted by molar-refractivity contribution is 0.0600. The number of esters is 1. The highest BCUT2D eigenvalue weighted by molar-refractivity contribution is 6.00. The Kier molecular flexibility index (Phi) is 3.43. The van der Waals surface area contributed by atoms with Crippen molar-refractivity contribution in [1.29, 1.82) is 0 Å². The minimum absolute atomic E-state index is 0.0861. The molecular weight excluding hydrogens is 340 g/mol. The van der Waals surface area contributed by atoms with E-state index in [0.717, 1.165) is 39.0 Å². The molecule has 27 heavy (non-hydrogen) atoms. The van der Waals surface area contributed by atoms with Crippen LogP contribution in [0.4, 0.5) is 5.69 Å². The third-order valence-electron chi connectivity index (χ3n) is 5.00. The van der Waals surface area contributed by atoms with Crippen LogP contribution in [0.2, 0.25) is 0 Å². The maximum absolute atomic E-state index is 11.7. The highest BCUT2D eigenvalue weighted by atomic mass is 16.5. The fraction of sp³-hybridized carbons (Fsp3) is 0.0952. The summed E-state index contributed by atoms with van der Waals surface area (Å²) >= 11 is 0. The van der Waals surface area contributed by atoms with Gasteiger partial charge >= 0.3 is 5.97 Å². The van der Waals surface area contributed by atoms with Gasteiger partial charge in [-0.2, -0.15) is 5.10 Å². The third kappa shape index (κ3) is 2.38. The highest BCUT2D eigenvalue weighted by Crippen LogP contribution is 2.42. The molecule has 0 amide bonds. The van der Waals surface area contributed by atoms with Gasteiger partial charge in [-0.05, 0) is 23.8 Å². The average molecular weight is 356 g/mol. The Morgan fingerprint density at radius 3 is 2.70 bits per heavy atom. The second kappa shape index (κ2) is 5.95. The van der Waals surface area contributed by atoms with Gasteiger partial charge in [-0.15, -0.1) is 5.10 Å². The average Bonchev–Trinajstić information content (AvgIpc) is 3.09. The predicted octanol–water partition coefficient (Wildman–Crippen LogP) is 3.93. The summed E-state index contributed by atoms with van der Waals surface area (Å²) in [7, 11) is 1.38. The Hall–Kier alpha value is -3.67. The molecule has 0 radical (unpaired) electrons. The molecule has 6 nitrogen and oxygen atoms in total. The number of nitrogens with zero attached hydrogens (tertiary/aromatic N) is 2. The van der Waals surface area contributed by atoms with E-state index in [1.807, 2.05) is 36.7 Å². The van der Waals surface area contributed by atoms with Gasteiger partial charge in [-0.25, -0.2) is 4.79 Å². The van der Waals surface area contributed by atoms with Crippen LogP contribution in [-0.2, 0) is 4.74 Å². The van der Waals surface area contributed by atoms with Crippen molar-refractivity contribution in [2.45, 2.75) is 6.04 Å². The van der Waals surface area contributed by atoms with Crippen molar-refractivity contribution < 1.29 is 9.53 Å². The fourth-order valence-electron chi connectivity index (χ4n) is 3.70. The first-order valence-electron chi connectivity index (χ1n) is 8.63. The molecule has 132 valence electrons. The smallest absolute Gasteiger partial charge is 0.337 e. The van der Waals surface area contributed by atoms with Crippen molar-refractivity contribution in [2.24, 2.45) is 0 Å². The minimum Gasteiger partial charge on any atom is -0.465 e. The Morgan fingerprint density at radius 2 is 1.89 bits per heavy atom. The molecular formula is C21H16N4O2. The van der Waals surface area contributed by atoms with Crippen LogP contribution in [0.3, 0.4) is 0 Å². The lowest BCUT2D eigenvalue weighted by Gasteiger charge is -2.19. The van der Waals surface area contributed by atoms with Crippen LogP contribution in [0.5, 0.6) is 0 Å². The molecule has 2 aromatic carbocycles. The van der Waals surface area contributed by atoms with Crippen LogP contribution in [0.25, 0.3) is 22.2 Å². The first-order chi connectivity index (χ1) is 13.3. The molecule has 3 heterocycles. The molecule has 0 fully saturated rings. The summed E-state index contributed by atoms with van der Waals surface area (Å²) in [5.74, 6) is -0.342. The number of fused-ring (bicyclic) bond motifs is 2. The summed E-state index contributed by atoms with van der Waals surface area (Å²) in [6.07, 6.45) is 3.78. The first-order valence-corrected chi connectivity index (χ1v) is 8.63. The van der Waals surface area contributed by atoms with E-state index >= 15 is 0 Å². The topological polar surface area (TPSA) is 79.9 Å². The van der Waals surface area contributed by atoms with Gasteiger partial charge in [0, 0.05) is 34.0 Å². The molecule has 1 aliphatic rings. The lowest BCUT2D eigenvalue weighted by atomic mass is 9.97. The monoisotopic (exact) mass is 356 g/mol. The van der Waals surface area contributed by atoms with E-state index in [9.17, 15) is 4.79 Å². The van der Waals surface area contributed by atoms with E-state index in [2.05, 4.69) is 32.6 Å². The number of para-hydroxylation sites is 1. The van der Waals surface area contributed by atoms with Crippen molar-refractivity contribution in [3.8, 4) is 11.1 Å². The molecule has 1 aliphatic heterocycles. The van der Waals surface area contributed by atoms with Crippen molar-refractivity contribution >= 4 is 22.7 Å². The predicted molar refractivity (Wildman–Crippen MR) is 103 cm³/mol. The van der Waals surface area contributed by atoms with Gasteiger partial charge in [-0.1, -0.05) is 30.3 Å². The fourth-order valence-corrected chi connectivity index (χ4v) is 3.70. The number of aromatic nitrogens is 3. The number of hydrogen-bond donors (Lipinski definition) is 2. The zero-order valence-corrected chi connectivity index (χ0v) is 14.6. The van der Waals surface area contributed by atoms with Crippen molar-refractivity contribution in [1.82, 2.24) is 15.2 Å². The minimum atomic E-state index is -0.342. The van der Waals surface area contributed by atoms with Gasteiger partial charge < -0.3 is 15.0 Å². The number of aromatic amines is 1. The first kappa shape index (κ1) is 15.6. The molecule has 1 atom stereocenters. The van der Waals surface area contributed by atoms with Crippen LogP contribution in [0.1, 0.15) is 27.5 Å². The van der Waals surface area contributed by atoms with Gasteiger partial charge in [0.15, 0.2) is 5.65 Å². The largest absolute Gasteiger partial charge is 0.465 e. The number of nitrogens with one attached hydrogen (secondary N) is 2. The number of carbonyl (C=O) groups excluding carboxylic acids is 1. The number of benzene rings is 2. The zero-order valence-electron chi connectivity index (χ0n) is 14.6. The summed E-state index contributed by atoms with van der Waals surface area (Å²) in [5, 5.41) is 13.1. The SMILES string of the molecule is COC(=O)c1ccc(C2Nc3ccccc3-c3cnnc4[nH]cc2c34)cc1. The molecule has 2 aromatic heterocycles. The van der Waals surface area contributed by atoms with Crippen LogP contribution in [0.15, 0.2) is 60.9 Å². The number of hydrogen-bond acceptors (Lipinski definition) is 5. The number of rotatable bonds is 2. The zero-order chi connectivity index (χ0) is 18.4. The summed E-state index contributed by atoms with van der Waals surface area (Å²) in [4.78, 5) is 15.0. The molecule has 2 N–H and O–H groups in total. The summed E-state index contributed by atoms with van der Waals surface area (Å²) in [6, 6.07) is 15.6. The lowest BCUT2D eigenvalue weighted by Crippen LogP contribution is -2.12. The standard InChI is InChI=1S/C21H16N4O2/c1-27-21(26)13-8-6-12(7-9-13)19-16-10-22-20-18(16)15(11-23-25-20)14-4-2-3-5-17(14)24-19/h2-11,19,24H,1H3,(H,22,25). The number of H-pyrrole nitrogens is 1. The Balaban J connectivity index is 1.71. The van der Waals surface area contributed by atoms with Gasteiger partial charge in [0.25, 0.3) is 0 Å². The molecule has 0 spiro atoms. The van der Waals surface area contributed by atoms with Crippen LogP contribution >= 0.6 is 0 Å². The molecule has 5 rings (SSSR count). The summed E-state index contributed by atoms with van der Waals surface area (Å²) in [6.45, 7) is 0. The maximum atomic E-state index is 11.7. The van der Waals surface area contributed by atoms with Crippen LogP contribution in [0, 0.1) is 0 Å². The number of anilines is 1. The van der Waals surface area contributed by atoms with Gasteiger partial charge in [0.2, 0.25) is 0 Å². The van der Waals surface area contributed by atoms with Crippen molar-refractivity contribution in [3.05, 3.63) is 77.6 Å². The van der Waals surface area contributed by atoms with E-state index in [0.29, 0.717) is 5.56 Å². The van der Waals surface area contributed by atoms with E-state index < -0.39 is 0 Å². The second-order valence-electron chi connectivity index (χ2n) is 6.46. The van der Waals surface area contributed by atoms with Crippen molar-refractivity contribution in [3.63, 3.8) is 0 Å².